The van der Waals surface area contributed by atoms with E-state index in [1.165, 1.54) is 0 Å². The molecule has 0 aromatic carbocycles. The molecule has 0 aliphatic carbocycles. The Kier molecular flexibility index (Phi) is 1.26. The third-order valence-corrected chi connectivity index (χ3v) is 0.545. The van der Waals surface area contributed by atoms with Gasteiger partial charge in [0.15, 0.2) is 0 Å². The van der Waals surface area contributed by atoms with Crippen molar-refractivity contribution in [2.75, 3.05) is 34.2 Å². The summed E-state index contributed by atoms with van der Waals surface area (Å²) in [5, 5.41) is 8.54. The molecule has 0 saturated heterocycles. The summed E-state index contributed by atoms with van der Waals surface area (Å²) in [5.41, 5.74) is 0. The summed E-state index contributed by atoms with van der Waals surface area (Å²) in [5.74, 6) is 0. The van der Waals surface area contributed by atoms with Gasteiger partial charge in [0.2, 0.25) is 0 Å². The molecule has 0 bridgehead atoms. The molecular weight excluding hydrogens is 91.1 g/mol. The predicted molar refractivity (Wildman–Crippen MR) is 30.0 cm³/mol. The van der Waals surface area contributed by atoms with E-state index in [-0.39, 0.29) is 4.48 Å². The first-order chi connectivity index (χ1) is 3.81. The quantitative estimate of drug-likeness (QED) is 0.379. The summed E-state index contributed by atoms with van der Waals surface area (Å²) in [6.45, 7) is -1.96. The number of quaternary nitrogens is 1. The van der Waals surface area contributed by atoms with Crippen LogP contribution in [0.25, 0.3) is 0 Å². The van der Waals surface area contributed by atoms with E-state index in [0.717, 1.165) is 0 Å². The Bertz CT molecular complexity index is 97.6. The minimum absolute atomic E-state index is 0.128. The highest BCUT2D eigenvalue weighted by Gasteiger charge is 2.02. The number of likely N-dealkylation sites (N-methyl/N-ethyl adjacent to an activating group) is 1. The van der Waals surface area contributed by atoms with E-state index in [9.17, 15) is 0 Å². The lowest BCUT2D eigenvalue weighted by molar-refractivity contribution is -0.870. The van der Waals surface area contributed by atoms with E-state index < -0.39 is 13.1 Å². The number of aliphatic hydroxyl groups excluding tert-OH is 1. The van der Waals surface area contributed by atoms with Crippen molar-refractivity contribution in [2.45, 2.75) is 0 Å². The Balaban J connectivity index is 4.14. The Labute approximate surface area is 47.8 Å². The molecule has 0 saturated carbocycles. The standard InChI is InChI=1S/C5H14NO/c1-6(2,3)4-5-7/h7H,4-5H2,1-3H3/q+1/i4D2,5+1. The summed E-state index contributed by atoms with van der Waals surface area (Å²) >= 11 is 0. The van der Waals surface area contributed by atoms with Gasteiger partial charge in [-0.05, 0) is 0 Å². The van der Waals surface area contributed by atoms with E-state index in [2.05, 4.69) is 0 Å². The van der Waals surface area contributed by atoms with Crippen LogP contribution in [-0.2, 0) is 0 Å². The van der Waals surface area contributed by atoms with Gasteiger partial charge in [0.1, 0.15) is 6.50 Å². The van der Waals surface area contributed by atoms with Gasteiger partial charge in [0, 0.05) is 0 Å². The molecule has 0 aliphatic rings. The normalized spacial score (nSPS) is 18.3. The molecule has 0 rings (SSSR count). The fourth-order valence-corrected chi connectivity index (χ4v) is 0.212. The van der Waals surface area contributed by atoms with Crippen LogP contribution in [0.1, 0.15) is 2.74 Å². The van der Waals surface area contributed by atoms with E-state index in [1.807, 2.05) is 0 Å². The highest BCUT2D eigenvalue weighted by atomic mass is 16.3. The molecule has 2 nitrogen and oxygen atoms in total. The topological polar surface area (TPSA) is 20.2 Å². The van der Waals surface area contributed by atoms with Gasteiger partial charge < -0.3 is 9.59 Å². The zero-order valence-corrected chi connectivity index (χ0v) is 5.10. The van der Waals surface area contributed by atoms with Crippen LogP contribution >= 0.6 is 0 Å². The Hall–Kier alpha value is -0.0800. The van der Waals surface area contributed by atoms with Gasteiger partial charge in [-0.1, -0.05) is 0 Å². The second-order valence-electron chi connectivity index (χ2n) is 2.33. The van der Waals surface area contributed by atoms with Crippen LogP contribution in [0.5, 0.6) is 0 Å². The largest absolute Gasteiger partial charge is 0.391 e. The molecule has 0 heterocycles. The van der Waals surface area contributed by atoms with E-state index in [0.29, 0.717) is 0 Å². The van der Waals surface area contributed by atoms with Crippen molar-refractivity contribution in [3.8, 4) is 0 Å². The molecule has 0 amide bonds. The van der Waals surface area contributed by atoms with Crippen molar-refractivity contribution in [1.82, 2.24) is 0 Å². The van der Waals surface area contributed by atoms with Gasteiger partial charge in [-0.3, -0.25) is 0 Å². The zero-order valence-electron chi connectivity index (χ0n) is 7.10. The summed E-state index contributed by atoms with van der Waals surface area (Å²) in [6.07, 6.45) is 0. The maximum absolute atomic E-state index is 8.54. The molecule has 2 heteroatoms. The van der Waals surface area contributed by atoms with Gasteiger partial charge >= 0.3 is 0 Å². The highest BCUT2D eigenvalue weighted by molar-refractivity contribution is 4.19. The lowest BCUT2D eigenvalue weighted by atomic mass is 10.7. The molecule has 0 aromatic heterocycles. The van der Waals surface area contributed by atoms with Crippen molar-refractivity contribution in [2.24, 2.45) is 0 Å². The minimum atomic E-state index is -1.53. The van der Waals surface area contributed by atoms with Gasteiger partial charge in [-0.25, -0.2) is 0 Å². The second-order valence-corrected chi connectivity index (χ2v) is 2.33. The van der Waals surface area contributed by atoms with Crippen molar-refractivity contribution in [3.63, 3.8) is 0 Å². The Morgan fingerprint density at radius 1 is 1.57 bits per heavy atom. The molecule has 0 spiro atoms. The third kappa shape index (κ3) is 5.92. The molecular formula is C5H14NO+. The lowest BCUT2D eigenvalue weighted by Gasteiger charge is -2.21. The summed E-state index contributed by atoms with van der Waals surface area (Å²) < 4.78 is 14.6. The van der Waals surface area contributed by atoms with Crippen molar-refractivity contribution in [3.05, 3.63) is 0 Å². The number of hydrogen-bond acceptors (Lipinski definition) is 1. The lowest BCUT2D eigenvalue weighted by Crippen LogP contribution is -2.36. The molecule has 44 valence electrons. The van der Waals surface area contributed by atoms with E-state index in [1.54, 1.807) is 21.1 Å². The molecule has 0 unspecified atom stereocenters. The maximum Gasteiger partial charge on any atom is 0.101 e. The fourth-order valence-electron chi connectivity index (χ4n) is 0.212. The van der Waals surface area contributed by atoms with Gasteiger partial charge in [0.05, 0.1) is 30.5 Å². The van der Waals surface area contributed by atoms with Gasteiger partial charge in [-0.2, -0.15) is 0 Å². The van der Waals surface area contributed by atoms with Crippen molar-refractivity contribution in [1.29, 1.82) is 0 Å². The first-order valence-corrected chi connectivity index (χ1v) is 2.24. The van der Waals surface area contributed by atoms with Crippen LogP contribution in [0.2, 0.25) is 0 Å². The average Bonchev–Trinajstić information content (AvgIpc) is 1.64. The van der Waals surface area contributed by atoms with Crippen LogP contribution in [0.15, 0.2) is 0 Å². The molecule has 0 aromatic rings. The molecule has 0 radical (unpaired) electrons. The van der Waals surface area contributed by atoms with Crippen LogP contribution in [0.4, 0.5) is 0 Å². The van der Waals surface area contributed by atoms with Crippen molar-refractivity contribution >= 4 is 0 Å². The number of aliphatic hydroxyl groups is 1. The summed E-state index contributed by atoms with van der Waals surface area (Å²) in [6, 6.07) is 0. The molecule has 7 heavy (non-hydrogen) atoms. The number of rotatable bonds is 2. The van der Waals surface area contributed by atoms with Gasteiger partial charge in [-0.15, -0.1) is 0 Å². The van der Waals surface area contributed by atoms with Crippen LogP contribution in [0, 0.1) is 0 Å². The second kappa shape index (κ2) is 2.28. The van der Waals surface area contributed by atoms with Gasteiger partial charge in [0.25, 0.3) is 0 Å². The molecule has 1 N–H and O–H groups in total. The summed E-state index contributed by atoms with van der Waals surface area (Å²) in [4.78, 5) is 0. The Morgan fingerprint density at radius 3 is 2.00 bits per heavy atom. The van der Waals surface area contributed by atoms with Crippen LogP contribution in [0.3, 0.4) is 0 Å². The molecule has 0 aliphatic heterocycles. The first kappa shape index (κ1) is 3.87. The molecule has 0 fully saturated rings. The third-order valence-electron chi connectivity index (χ3n) is 0.545. The number of nitrogens with zero attached hydrogens (tertiary/aromatic N) is 1. The first-order valence-electron chi connectivity index (χ1n) is 3.24. The van der Waals surface area contributed by atoms with E-state index in [4.69, 9.17) is 7.85 Å². The van der Waals surface area contributed by atoms with Crippen LogP contribution in [-0.4, -0.2) is 43.8 Å². The van der Waals surface area contributed by atoms with Crippen molar-refractivity contribution < 1.29 is 12.3 Å². The Morgan fingerprint density at radius 2 is 2.00 bits per heavy atom. The number of hydrogen-bond donors (Lipinski definition) is 1. The average molecular weight is 107 g/mol. The fraction of sp³-hybridized carbons (Fsp3) is 1.00. The predicted octanol–water partition coefficient (Wildman–Crippen LogP) is -0.315. The monoisotopic (exact) mass is 107 g/mol. The highest BCUT2D eigenvalue weighted by Crippen LogP contribution is 1.84. The SMILES string of the molecule is [2H]C([2H])([13CH2]O)[N+](C)(C)C. The zero-order chi connectivity index (χ0) is 7.71. The maximum atomic E-state index is 8.54. The summed E-state index contributed by atoms with van der Waals surface area (Å²) in [7, 11) is 5.11. The van der Waals surface area contributed by atoms with E-state index >= 15 is 0 Å². The molecule has 0 atom stereocenters. The smallest absolute Gasteiger partial charge is 0.101 e. The van der Waals surface area contributed by atoms with Crippen LogP contribution < -0.4 is 0 Å². The minimum Gasteiger partial charge on any atom is -0.391 e.